The fraction of sp³-hybridized carbons (Fsp3) is 0.385. The maximum atomic E-state index is 13.0. The summed E-state index contributed by atoms with van der Waals surface area (Å²) in [6.45, 7) is 2.71. The average molecular weight is 482 g/mol. The van der Waals surface area contributed by atoms with E-state index >= 15 is 0 Å². The van der Waals surface area contributed by atoms with Crippen LogP contribution in [-0.2, 0) is 25.7 Å². The number of nitrogens with one attached hydrogen (secondary N) is 2. The zero-order chi connectivity index (χ0) is 25.0. The van der Waals surface area contributed by atoms with Crippen LogP contribution in [0, 0.1) is 5.92 Å². The van der Waals surface area contributed by atoms with E-state index in [1.165, 1.54) is 4.90 Å². The number of amides is 3. The SMILES string of the molecule is CCOC(=O)C[C@H](NC(=O)c1ccccc1)NC(=O)[C@@H]1CCCN(C(=O)OCc2ccccc2)C1. The molecule has 0 saturated carbocycles. The van der Waals surface area contributed by atoms with Gasteiger partial charge in [0.05, 0.1) is 18.9 Å². The van der Waals surface area contributed by atoms with Gasteiger partial charge in [0.1, 0.15) is 12.8 Å². The highest BCUT2D eigenvalue weighted by molar-refractivity contribution is 5.95. The van der Waals surface area contributed by atoms with Gasteiger partial charge in [-0.1, -0.05) is 48.5 Å². The molecule has 9 nitrogen and oxygen atoms in total. The second-order valence-corrected chi connectivity index (χ2v) is 8.24. The molecule has 0 radical (unpaired) electrons. The van der Waals surface area contributed by atoms with E-state index in [1.807, 2.05) is 30.3 Å². The first-order chi connectivity index (χ1) is 17.0. The van der Waals surface area contributed by atoms with Gasteiger partial charge < -0.3 is 25.0 Å². The van der Waals surface area contributed by atoms with E-state index in [4.69, 9.17) is 9.47 Å². The molecule has 0 unspecified atom stereocenters. The maximum Gasteiger partial charge on any atom is 0.410 e. The largest absolute Gasteiger partial charge is 0.466 e. The Balaban J connectivity index is 1.58. The molecule has 2 N–H and O–H groups in total. The van der Waals surface area contributed by atoms with Crippen molar-refractivity contribution < 1.29 is 28.7 Å². The van der Waals surface area contributed by atoms with Crippen molar-refractivity contribution in [3.8, 4) is 0 Å². The normalized spacial score (nSPS) is 16.0. The van der Waals surface area contributed by atoms with Crippen molar-refractivity contribution in [2.45, 2.75) is 39.0 Å². The summed E-state index contributed by atoms with van der Waals surface area (Å²) in [6, 6.07) is 17.9. The molecule has 0 bridgehead atoms. The predicted octanol–water partition coefficient (Wildman–Crippen LogP) is 2.86. The maximum absolute atomic E-state index is 13.0. The summed E-state index contributed by atoms with van der Waals surface area (Å²) in [5.74, 6) is -1.81. The molecular formula is C26H31N3O6. The lowest BCUT2D eigenvalue weighted by atomic mass is 9.97. The summed E-state index contributed by atoms with van der Waals surface area (Å²) in [5.41, 5.74) is 1.28. The van der Waals surface area contributed by atoms with Crippen LogP contribution in [0.2, 0.25) is 0 Å². The van der Waals surface area contributed by atoms with E-state index in [0.29, 0.717) is 24.9 Å². The van der Waals surface area contributed by atoms with E-state index in [0.717, 1.165) is 5.56 Å². The lowest BCUT2D eigenvalue weighted by Crippen LogP contribution is -2.53. The van der Waals surface area contributed by atoms with E-state index in [2.05, 4.69) is 10.6 Å². The molecule has 2 atom stereocenters. The molecule has 2 aromatic rings. The number of ether oxygens (including phenoxy) is 2. The summed E-state index contributed by atoms with van der Waals surface area (Å²) in [5, 5.41) is 5.43. The molecule has 3 rings (SSSR count). The lowest BCUT2D eigenvalue weighted by Gasteiger charge is -2.32. The van der Waals surface area contributed by atoms with E-state index in [-0.39, 0.29) is 32.1 Å². The Kier molecular flexibility index (Phi) is 9.65. The molecule has 186 valence electrons. The number of piperidine rings is 1. The second kappa shape index (κ2) is 13.1. The van der Waals surface area contributed by atoms with Crippen molar-refractivity contribution in [2.75, 3.05) is 19.7 Å². The van der Waals surface area contributed by atoms with Crippen molar-refractivity contribution in [1.82, 2.24) is 15.5 Å². The van der Waals surface area contributed by atoms with E-state index in [9.17, 15) is 19.2 Å². The summed E-state index contributed by atoms with van der Waals surface area (Å²) < 4.78 is 10.4. The van der Waals surface area contributed by atoms with Gasteiger partial charge in [0.2, 0.25) is 5.91 Å². The van der Waals surface area contributed by atoms with Crippen molar-refractivity contribution in [3.05, 3.63) is 71.8 Å². The standard InChI is InChI=1S/C26H31N3O6/c1-2-34-23(30)16-22(27-24(31)20-12-7-4-8-13-20)28-25(32)21-14-9-15-29(17-21)26(33)35-18-19-10-5-3-6-11-19/h3-8,10-13,21-22H,2,9,14-18H2,1H3,(H,27,31)(H,28,32)/t21-,22-/m1/s1. The lowest BCUT2D eigenvalue weighted by molar-refractivity contribution is -0.144. The zero-order valence-corrected chi connectivity index (χ0v) is 19.8. The van der Waals surface area contributed by atoms with Gasteiger partial charge in [-0.3, -0.25) is 14.4 Å². The molecule has 3 amide bonds. The van der Waals surface area contributed by atoms with E-state index < -0.39 is 30.1 Å². The highest BCUT2D eigenvalue weighted by Crippen LogP contribution is 2.18. The van der Waals surface area contributed by atoms with Gasteiger partial charge in [0, 0.05) is 18.7 Å². The molecule has 1 aliphatic heterocycles. The van der Waals surface area contributed by atoms with Crippen LogP contribution in [0.1, 0.15) is 42.1 Å². The number of benzene rings is 2. The first-order valence-corrected chi connectivity index (χ1v) is 11.7. The summed E-state index contributed by atoms with van der Waals surface area (Å²) in [4.78, 5) is 51.7. The van der Waals surface area contributed by atoms with Gasteiger partial charge in [-0.05, 0) is 37.5 Å². The molecule has 1 heterocycles. The minimum atomic E-state index is -0.949. The molecule has 0 aromatic heterocycles. The van der Waals surface area contributed by atoms with Gasteiger partial charge >= 0.3 is 12.1 Å². The molecule has 0 spiro atoms. The Morgan fingerprint density at radius 2 is 1.66 bits per heavy atom. The number of likely N-dealkylation sites (tertiary alicyclic amines) is 1. The number of hydrogen-bond donors (Lipinski definition) is 2. The molecule has 1 fully saturated rings. The average Bonchev–Trinajstić information content (AvgIpc) is 2.88. The Morgan fingerprint density at radius 1 is 0.971 bits per heavy atom. The van der Waals surface area contributed by atoms with Crippen LogP contribution in [0.3, 0.4) is 0 Å². The molecule has 35 heavy (non-hydrogen) atoms. The predicted molar refractivity (Wildman–Crippen MR) is 128 cm³/mol. The van der Waals surface area contributed by atoms with Crippen LogP contribution >= 0.6 is 0 Å². The highest BCUT2D eigenvalue weighted by atomic mass is 16.6. The Hall–Kier alpha value is -3.88. The molecule has 9 heteroatoms. The van der Waals surface area contributed by atoms with Crippen LogP contribution in [-0.4, -0.2) is 54.6 Å². The van der Waals surface area contributed by atoms with Gasteiger partial charge in [0.25, 0.3) is 5.91 Å². The van der Waals surface area contributed by atoms with Crippen LogP contribution in [0.5, 0.6) is 0 Å². The van der Waals surface area contributed by atoms with Gasteiger partial charge in [-0.15, -0.1) is 0 Å². The molecule has 1 aliphatic rings. The first kappa shape index (κ1) is 25.7. The van der Waals surface area contributed by atoms with Crippen molar-refractivity contribution >= 4 is 23.9 Å². The number of carbonyl (C=O) groups excluding carboxylic acids is 4. The van der Waals surface area contributed by atoms with Gasteiger partial charge in [0.15, 0.2) is 0 Å². The fourth-order valence-electron chi connectivity index (χ4n) is 3.81. The fourth-order valence-corrected chi connectivity index (χ4v) is 3.81. The third-order valence-corrected chi connectivity index (χ3v) is 5.59. The Morgan fingerprint density at radius 3 is 2.34 bits per heavy atom. The minimum Gasteiger partial charge on any atom is -0.466 e. The van der Waals surface area contributed by atoms with Crippen molar-refractivity contribution in [1.29, 1.82) is 0 Å². The molecular weight excluding hydrogens is 450 g/mol. The van der Waals surface area contributed by atoms with Crippen LogP contribution in [0.15, 0.2) is 60.7 Å². The second-order valence-electron chi connectivity index (χ2n) is 8.24. The highest BCUT2D eigenvalue weighted by Gasteiger charge is 2.31. The quantitative estimate of drug-likeness (QED) is 0.421. The molecule has 1 saturated heterocycles. The number of nitrogens with zero attached hydrogens (tertiary/aromatic N) is 1. The third-order valence-electron chi connectivity index (χ3n) is 5.59. The Labute approximate surface area is 204 Å². The van der Waals surface area contributed by atoms with Gasteiger partial charge in [-0.2, -0.15) is 0 Å². The van der Waals surface area contributed by atoms with Crippen molar-refractivity contribution in [2.24, 2.45) is 5.92 Å². The zero-order valence-electron chi connectivity index (χ0n) is 19.8. The summed E-state index contributed by atoms with van der Waals surface area (Å²) in [7, 11) is 0. The first-order valence-electron chi connectivity index (χ1n) is 11.7. The summed E-state index contributed by atoms with van der Waals surface area (Å²) in [6.07, 6.45) is -0.431. The van der Waals surface area contributed by atoms with Crippen molar-refractivity contribution in [3.63, 3.8) is 0 Å². The van der Waals surface area contributed by atoms with Crippen LogP contribution < -0.4 is 10.6 Å². The number of esters is 1. The van der Waals surface area contributed by atoms with Crippen LogP contribution in [0.4, 0.5) is 4.79 Å². The molecule has 2 aromatic carbocycles. The number of hydrogen-bond acceptors (Lipinski definition) is 6. The molecule has 0 aliphatic carbocycles. The monoisotopic (exact) mass is 481 g/mol. The topological polar surface area (TPSA) is 114 Å². The number of rotatable bonds is 9. The smallest absolute Gasteiger partial charge is 0.410 e. The van der Waals surface area contributed by atoms with Gasteiger partial charge in [-0.25, -0.2) is 4.79 Å². The minimum absolute atomic E-state index is 0.153. The number of carbonyl (C=O) groups is 4. The Bertz CT molecular complexity index is 999. The van der Waals surface area contributed by atoms with Crippen LogP contribution in [0.25, 0.3) is 0 Å². The van der Waals surface area contributed by atoms with E-state index in [1.54, 1.807) is 37.3 Å². The summed E-state index contributed by atoms with van der Waals surface area (Å²) >= 11 is 0. The third kappa shape index (κ3) is 8.13.